The third-order valence-electron chi connectivity index (χ3n) is 4.68. The molecule has 0 radical (unpaired) electrons. The summed E-state index contributed by atoms with van der Waals surface area (Å²) in [6, 6.07) is 0.102. The van der Waals surface area contributed by atoms with Gasteiger partial charge in [-0.2, -0.15) is 4.98 Å². The molecular weight excluding hydrogens is 292 g/mol. The van der Waals surface area contributed by atoms with Crippen molar-refractivity contribution in [2.45, 2.75) is 38.6 Å². The maximum absolute atomic E-state index is 5.55. The second kappa shape index (κ2) is 5.56. The molecule has 0 bridgehead atoms. The summed E-state index contributed by atoms with van der Waals surface area (Å²) in [6.07, 6.45) is 4.18. The van der Waals surface area contributed by atoms with Gasteiger partial charge in [0.25, 0.3) is 0 Å². The summed E-state index contributed by atoms with van der Waals surface area (Å²) in [7, 11) is 2.11. The molecule has 2 aromatic heterocycles. The van der Waals surface area contributed by atoms with Gasteiger partial charge in [-0.25, -0.2) is 4.98 Å². The number of nitrogens with zero attached hydrogens (tertiary/aromatic N) is 6. The Balaban J connectivity index is 1.58. The largest absolute Gasteiger partial charge is 0.352 e. The molecular formula is C16H22N6O. The summed E-state index contributed by atoms with van der Waals surface area (Å²) in [6.45, 7) is 6.63. The molecule has 122 valence electrons. The highest BCUT2D eigenvalue weighted by molar-refractivity contribution is 5.44. The number of likely N-dealkylation sites (N-methyl/N-ethyl adjacent to an activating group) is 1. The average Bonchev–Trinajstić information content (AvgIpc) is 3.28. The Morgan fingerprint density at radius 2 is 2.00 bits per heavy atom. The molecule has 7 heteroatoms. The molecule has 7 nitrogen and oxygen atoms in total. The smallest absolute Gasteiger partial charge is 0.245 e. The van der Waals surface area contributed by atoms with Crippen LogP contribution in [0.4, 0.5) is 5.82 Å². The minimum atomic E-state index is 0.102. The molecule has 0 amide bonds. The van der Waals surface area contributed by atoms with E-state index >= 15 is 0 Å². The van der Waals surface area contributed by atoms with Crippen molar-refractivity contribution in [2.75, 3.05) is 31.6 Å². The van der Waals surface area contributed by atoms with Gasteiger partial charge >= 0.3 is 0 Å². The summed E-state index contributed by atoms with van der Waals surface area (Å²) in [4.78, 5) is 18.3. The molecule has 0 spiro atoms. The molecule has 0 aromatic carbocycles. The third-order valence-corrected chi connectivity index (χ3v) is 4.68. The van der Waals surface area contributed by atoms with Crippen LogP contribution >= 0.6 is 0 Å². The zero-order valence-corrected chi connectivity index (χ0v) is 13.9. The highest BCUT2D eigenvalue weighted by Crippen LogP contribution is 2.39. The molecule has 1 aliphatic heterocycles. The van der Waals surface area contributed by atoms with Crippen LogP contribution in [0.3, 0.4) is 0 Å². The molecule has 4 rings (SSSR count). The highest BCUT2D eigenvalue weighted by atomic mass is 16.5. The van der Waals surface area contributed by atoms with E-state index in [0.717, 1.165) is 48.6 Å². The second-order valence-electron chi connectivity index (χ2n) is 6.63. The maximum atomic E-state index is 5.55. The number of aryl methyl sites for hydroxylation is 2. The number of hydrogen-bond donors (Lipinski definition) is 0. The predicted octanol–water partition coefficient (Wildman–Crippen LogP) is 1.85. The molecule has 23 heavy (non-hydrogen) atoms. The van der Waals surface area contributed by atoms with Crippen LogP contribution in [-0.2, 0) is 0 Å². The van der Waals surface area contributed by atoms with E-state index in [1.807, 2.05) is 20.0 Å². The van der Waals surface area contributed by atoms with E-state index in [4.69, 9.17) is 4.52 Å². The average molecular weight is 314 g/mol. The topological polar surface area (TPSA) is 71.2 Å². The monoisotopic (exact) mass is 314 g/mol. The van der Waals surface area contributed by atoms with Crippen LogP contribution in [0.2, 0.25) is 0 Å². The lowest BCUT2D eigenvalue weighted by Crippen LogP contribution is -2.47. The van der Waals surface area contributed by atoms with Crippen molar-refractivity contribution in [3.63, 3.8) is 0 Å². The molecule has 2 aliphatic rings. The lowest BCUT2D eigenvalue weighted by atomic mass is 10.1. The summed E-state index contributed by atoms with van der Waals surface area (Å²) in [5.41, 5.74) is 1.90. The van der Waals surface area contributed by atoms with Gasteiger partial charge in [-0.05, 0) is 33.7 Å². The minimum Gasteiger partial charge on any atom is -0.352 e. The number of piperazine rings is 1. The van der Waals surface area contributed by atoms with Crippen molar-refractivity contribution < 1.29 is 4.52 Å². The second-order valence-corrected chi connectivity index (χ2v) is 6.63. The van der Waals surface area contributed by atoms with Crippen LogP contribution in [0, 0.1) is 13.8 Å². The Hall–Kier alpha value is -2.02. The van der Waals surface area contributed by atoms with E-state index in [-0.39, 0.29) is 6.04 Å². The number of anilines is 1. The molecule has 2 aromatic rings. The van der Waals surface area contributed by atoms with E-state index in [0.29, 0.717) is 5.92 Å². The zero-order valence-electron chi connectivity index (χ0n) is 13.9. The molecule has 2 fully saturated rings. The van der Waals surface area contributed by atoms with Crippen LogP contribution in [0.15, 0.2) is 10.7 Å². The van der Waals surface area contributed by atoms with E-state index < -0.39 is 0 Å². The number of rotatable bonds is 3. The fourth-order valence-corrected chi connectivity index (χ4v) is 3.05. The lowest BCUT2D eigenvalue weighted by molar-refractivity contribution is 0.177. The van der Waals surface area contributed by atoms with Crippen LogP contribution in [0.5, 0.6) is 0 Å². The van der Waals surface area contributed by atoms with Crippen molar-refractivity contribution in [3.8, 4) is 0 Å². The fourth-order valence-electron chi connectivity index (χ4n) is 3.05. The van der Waals surface area contributed by atoms with Gasteiger partial charge in [-0.3, -0.25) is 9.88 Å². The zero-order chi connectivity index (χ0) is 16.0. The highest BCUT2D eigenvalue weighted by Gasteiger charge is 2.34. The van der Waals surface area contributed by atoms with E-state index in [1.165, 1.54) is 12.8 Å². The number of aromatic nitrogens is 4. The van der Waals surface area contributed by atoms with Crippen molar-refractivity contribution in [3.05, 3.63) is 29.3 Å². The van der Waals surface area contributed by atoms with Crippen molar-refractivity contribution in [1.82, 2.24) is 25.0 Å². The normalized spacial score (nSPS) is 22.6. The summed E-state index contributed by atoms with van der Waals surface area (Å²) in [5.74, 6) is 3.07. The fraction of sp³-hybridized carbons (Fsp3) is 0.625. The molecule has 1 saturated heterocycles. The molecule has 1 atom stereocenters. The van der Waals surface area contributed by atoms with Gasteiger partial charge in [-0.1, -0.05) is 5.16 Å². The first kappa shape index (κ1) is 14.6. The van der Waals surface area contributed by atoms with E-state index in [2.05, 4.69) is 37.0 Å². The van der Waals surface area contributed by atoms with Gasteiger partial charge in [-0.15, -0.1) is 0 Å². The Labute approximate surface area is 135 Å². The van der Waals surface area contributed by atoms with Gasteiger partial charge in [0.1, 0.15) is 11.9 Å². The quantitative estimate of drug-likeness (QED) is 0.856. The Bertz CT molecular complexity index is 710. The Morgan fingerprint density at radius 3 is 2.78 bits per heavy atom. The van der Waals surface area contributed by atoms with Crippen molar-refractivity contribution in [2.24, 2.45) is 0 Å². The Kier molecular flexibility index (Phi) is 3.52. The van der Waals surface area contributed by atoms with Crippen LogP contribution in [-0.4, -0.2) is 51.7 Å². The van der Waals surface area contributed by atoms with Gasteiger partial charge in [0.15, 0.2) is 5.82 Å². The number of hydrogen-bond acceptors (Lipinski definition) is 7. The van der Waals surface area contributed by atoms with Crippen molar-refractivity contribution in [1.29, 1.82) is 0 Å². The molecule has 3 heterocycles. The summed E-state index contributed by atoms with van der Waals surface area (Å²) >= 11 is 0. The lowest BCUT2D eigenvalue weighted by Gasteiger charge is -2.38. The Morgan fingerprint density at radius 1 is 1.17 bits per heavy atom. The van der Waals surface area contributed by atoms with Gasteiger partial charge < -0.3 is 9.42 Å². The van der Waals surface area contributed by atoms with Crippen LogP contribution in [0.25, 0.3) is 0 Å². The maximum Gasteiger partial charge on any atom is 0.245 e. The van der Waals surface area contributed by atoms with Gasteiger partial charge in [0.05, 0.1) is 11.4 Å². The van der Waals surface area contributed by atoms with Crippen LogP contribution in [0.1, 0.15) is 47.9 Å². The van der Waals surface area contributed by atoms with Crippen molar-refractivity contribution >= 4 is 5.82 Å². The first-order valence-electron chi connectivity index (χ1n) is 8.21. The first-order valence-corrected chi connectivity index (χ1v) is 8.21. The third kappa shape index (κ3) is 2.81. The SMILES string of the molecule is Cc1cnc(C)c(N2CCN(C)C(c3nc(C4CC4)no3)C2)n1. The van der Waals surface area contributed by atoms with Gasteiger partial charge in [0, 0.05) is 31.7 Å². The minimum absolute atomic E-state index is 0.102. The van der Waals surface area contributed by atoms with E-state index in [1.54, 1.807) is 0 Å². The van der Waals surface area contributed by atoms with Crippen LogP contribution < -0.4 is 4.90 Å². The predicted molar refractivity (Wildman–Crippen MR) is 85.4 cm³/mol. The molecule has 1 aliphatic carbocycles. The first-order chi connectivity index (χ1) is 11.1. The molecule has 1 unspecified atom stereocenters. The molecule has 1 saturated carbocycles. The van der Waals surface area contributed by atoms with E-state index in [9.17, 15) is 0 Å². The summed E-state index contributed by atoms with van der Waals surface area (Å²) < 4.78 is 5.55. The molecule has 0 N–H and O–H groups in total. The summed E-state index contributed by atoms with van der Waals surface area (Å²) in [5, 5.41) is 4.16. The van der Waals surface area contributed by atoms with Gasteiger partial charge in [0.2, 0.25) is 5.89 Å². The standard InChI is InChI=1S/C16H22N6O/c1-10-8-17-11(2)15(18-10)22-7-6-21(3)13(9-22)16-19-14(20-23-16)12-4-5-12/h8,12-13H,4-7,9H2,1-3H3.